The molecule has 0 fully saturated rings. The molecule has 0 saturated carbocycles. The number of anilines is 1. The zero-order valence-electron chi connectivity index (χ0n) is 21.6. The predicted molar refractivity (Wildman–Crippen MR) is 147 cm³/mol. The summed E-state index contributed by atoms with van der Waals surface area (Å²) in [5.41, 5.74) is 0.813. The smallest absolute Gasteiger partial charge is 0.348 e. The lowest BCUT2D eigenvalue weighted by atomic mass is 10.2. The third-order valence-corrected chi connectivity index (χ3v) is 7.03. The van der Waals surface area contributed by atoms with E-state index in [0.29, 0.717) is 27.4 Å². The van der Waals surface area contributed by atoms with Crippen LogP contribution in [0.5, 0.6) is 5.75 Å². The summed E-state index contributed by atoms with van der Waals surface area (Å²) in [7, 11) is 0. The first-order valence-electron chi connectivity index (χ1n) is 12.2. The lowest BCUT2D eigenvalue weighted by Gasteiger charge is -2.15. The van der Waals surface area contributed by atoms with E-state index in [1.54, 1.807) is 57.2 Å². The van der Waals surface area contributed by atoms with E-state index in [2.05, 4.69) is 10.3 Å². The van der Waals surface area contributed by atoms with Gasteiger partial charge in [-0.25, -0.2) is 14.6 Å². The van der Waals surface area contributed by atoms with Crippen molar-refractivity contribution in [3.05, 3.63) is 87.3 Å². The molecule has 4 rings (SSSR count). The first-order chi connectivity index (χ1) is 18.8. The van der Waals surface area contributed by atoms with E-state index in [4.69, 9.17) is 14.2 Å². The summed E-state index contributed by atoms with van der Waals surface area (Å²) in [5.74, 6) is -0.809. The van der Waals surface area contributed by atoms with Crippen LogP contribution in [0.15, 0.2) is 65.7 Å². The molecule has 0 aliphatic carbocycles. The molecule has 0 saturated heterocycles. The Morgan fingerprint density at radius 1 is 1.00 bits per heavy atom. The molecule has 2 heterocycles. The highest BCUT2D eigenvalue weighted by Crippen LogP contribution is 2.28. The Kier molecular flexibility index (Phi) is 8.72. The van der Waals surface area contributed by atoms with Crippen molar-refractivity contribution in [2.75, 3.05) is 25.1 Å². The Morgan fingerprint density at radius 3 is 2.41 bits per heavy atom. The second kappa shape index (κ2) is 12.4. The SMILES string of the molecule is CCOC(=O)c1ccc(NC(=O)C(C)n2cnc3sc(C(=O)OCCOc4ccccc4)c(C)c3c2=O)cc1. The van der Waals surface area contributed by atoms with Crippen LogP contribution in [-0.2, 0) is 14.3 Å². The van der Waals surface area contributed by atoms with E-state index < -0.39 is 29.4 Å². The van der Waals surface area contributed by atoms with E-state index in [1.807, 2.05) is 18.2 Å². The number of amides is 1. The van der Waals surface area contributed by atoms with Crippen LogP contribution < -0.4 is 15.6 Å². The molecular formula is C28H27N3O7S. The van der Waals surface area contributed by atoms with Gasteiger partial charge in [0.05, 0.1) is 23.9 Å². The van der Waals surface area contributed by atoms with Crippen molar-refractivity contribution in [1.82, 2.24) is 9.55 Å². The lowest BCUT2D eigenvalue weighted by molar-refractivity contribution is -0.118. The number of rotatable bonds is 10. The largest absolute Gasteiger partial charge is 0.490 e. The van der Waals surface area contributed by atoms with Gasteiger partial charge in [-0.1, -0.05) is 18.2 Å². The lowest BCUT2D eigenvalue weighted by Crippen LogP contribution is -2.31. The van der Waals surface area contributed by atoms with Gasteiger partial charge >= 0.3 is 11.9 Å². The van der Waals surface area contributed by atoms with Crippen LogP contribution in [0.1, 0.15) is 45.5 Å². The van der Waals surface area contributed by atoms with Crippen LogP contribution in [0.25, 0.3) is 10.2 Å². The van der Waals surface area contributed by atoms with E-state index in [-0.39, 0.29) is 30.1 Å². The number of fused-ring (bicyclic) bond motifs is 1. The van der Waals surface area contributed by atoms with Gasteiger partial charge < -0.3 is 19.5 Å². The normalized spacial score (nSPS) is 11.6. The minimum atomic E-state index is -0.899. The van der Waals surface area contributed by atoms with Crippen LogP contribution in [0.3, 0.4) is 0 Å². The molecule has 0 radical (unpaired) electrons. The molecule has 1 unspecified atom stereocenters. The van der Waals surface area contributed by atoms with E-state index in [9.17, 15) is 19.2 Å². The van der Waals surface area contributed by atoms with Crippen molar-refractivity contribution >= 4 is 45.1 Å². The van der Waals surface area contributed by atoms with Crippen LogP contribution in [0, 0.1) is 6.92 Å². The number of esters is 2. The number of carbonyl (C=O) groups excluding carboxylic acids is 3. The summed E-state index contributed by atoms with van der Waals surface area (Å²) in [6.07, 6.45) is 1.29. The number of para-hydroxylation sites is 1. The number of carbonyl (C=O) groups is 3. The molecule has 2 aromatic heterocycles. The first-order valence-corrected chi connectivity index (χ1v) is 13.0. The molecular weight excluding hydrogens is 522 g/mol. The number of nitrogens with zero attached hydrogens (tertiary/aromatic N) is 2. The van der Waals surface area contributed by atoms with Gasteiger partial charge in [0.15, 0.2) is 0 Å². The van der Waals surface area contributed by atoms with E-state index in [1.165, 1.54) is 10.9 Å². The zero-order valence-corrected chi connectivity index (χ0v) is 22.4. The second-order valence-electron chi connectivity index (χ2n) is 8.45. The third kappa shape index (κ3) is 6.32. The molecule has 0 bridgehead atoms. The second-order valence-corrected chi connectivity index (χ2v) is 9.45. The van der Waals surface area contributed by atoms with Crippen molar-refractivity contribution in [1.29, 1.82) is 0 Å². The highest BCUT2D eigenvalue weighted by molar-refractivity contribution is 7.20. The zero-order chi connectivity index (χ0) is 27.9. The molecule has 0 spiro atoms. The Balaban J connectivity index is 1.44. The van der Waals surface area contributed by atoms with Gasteiger partial charge in [0.1, 0.15) is 34.7 Å². The maximum absolute atomic E-state index is 13.3. The number of aromatic nitrogens is 2. The van der Waals surface area contributed by atoms with Crippen molar-refractivity contribution in [3.63, 3.8) is 0 Å². The molecule has 1 amide bonds. The topological polar surface area (TPSA) is 126 Å². The van der Waals surface area contributed by atoms with Gasteiger partial charge in [-0.2, -0.15) is 0 Å². The Morgan fingerprint density at radius 2 is 1.72 bits per heavy atom. The molecule has 202 valence electrons. The standard InChI is InChI=1S/C28H27N3O7S/c1-4-36-27(34)19-10-12-20(13-11-19)30-24(32)18(3)31-16-29-25-22(26(31)33)17(2)23(39-25)28(35)38-15-14-37-21-8-6-5-7-9-21/h5-13,16,18H,4,14-15H2,1-3H3,(H,30,32). The summed E-state index contributed by atoms with van der Waals surface area (Å²) in [6, 6.07) is 14.5. The summed E-state index contributed by atoms with van der Waals surface area (Å²) in [4.78, 5) is 55.7. The monoisotopic (exact) mass is 549 g/mol. The Hall–Kier alpha value is -4.51. The molecule has 11 heteroatoms. The first kappa shape index (κ1) is 27.5. The fourth-order valence-corrected chi connectivity index (χ4v) is 4.79. The van der Waals surface area contributed by atoms with Crippen LogP contribution >= 0.6 is 11.3 Å². The quantitative estimate of drug-likeness (QED) is 0.228. The van der Waals surface area contributed by atoms with Gasteiger partial charge in [0, 0.05) is 5.69 Å². The average Bonchev–Trinajstić information content (AvgIpc) is 3.29. The van der Waals surface area contributed by atoms with Gasteiger partial charge in [-0.05, 0) is 62.7 Å². The maximum Gasteiger partial charge on any atom is 0.348 e. The van der Waals surface area contributed by atoms with Gasteiger partial charge in [0.25, 0.3) is 5.56 Å². The van der Waals surface area contributed by atoms with Crippen LogP contribution in [-0.4, -0.2) is 47.2 Å². The van der Waals surface area contributed by atoms with E-state index in [0.717, 1.165) is 11.3 Å². The number of nitrogens with one attached hydrogen (secondary N) is 1. The maximum atomic E-state index is 13.3. The molecule has 4 aromatic rings. The Labute approximate surface area is 228 Å². The summed E-state index contributed by atoms with van der Waals surface area (Å²) in [5, 5.41) is 2.99. The van der Waals surface area contributed by atoms with Crippen molar-refractivity contribution in [2.45, 2.75) is 26.8 Å². The number of hydrogen-bond acceptors (Lipinski definition) is 9. The predicted octanol–water partition coefficient (Wildman–Crippen LogP) is 4.38. The third-order valence-electron chi connectivity index (χ3n) is 5.85. The number of benzene rings is 2. The fraction of sp³-hybridized carbons (Fsp3) is 0.250. The van der Waals surface area contributed by atoms with Crippen molar-refractivity contribution in [3.8, 4) is 5.75 Å². The van der Waals surface area contributed by atoms with Crippen molar-refractivity contribution < 1.29 is 28.6 Å². The van der Waals surface area contributed by atoms with Gasteiger partial charge in [-0.15, -0.1) is 11.3 Å². The fourth-order valence-electron chi connectivity index (χ4n) is 3.76. The van der Waals surface area contributed by atoms with Crippen molar-refractivity contribution in [2.24, 2.45) is 0 Å². The summed E-state index contributed by atoms with van der Waals surface area (Å²) >= 11 is 1.06. The molecule has 10 nitrogen and oxygen atoms in total. The molecule has 0 aliphatic rings. The van der Waals surface area contributed by atoms with Crippen LogP contribution in [0.2, 0.25) is 0 Å². The molecule has 1 N–H and O–H groups in total. The van der Waals surface area contributed by atoms with Crippen LogP contribution in [0.4, 0.5) is 5.69 Å². The van der Waals surface area contributed by atoms with Gasteiger partial charge in [-0.3, -0.25) is 14.2 Å². The molecule has 1 atom stereocenters. The molecule has 0 aliphatic heterocycles. The van der Waals surface area contributed by atoms with Gasteiger partial charge in [0.2, 0.25) is 5.91 Å². The average molecular weight is 550 g/mol. The Bertz CT molecular complexity index is 1550. The number of thiophene rings is 1. The molecule has 2 aromatic carbocycles. The summed E-state index contributed by atoms with van der Waals surface area (Å²) in [6.45, 7) is 5.42. The minimum Gasteiger partial charge on any atom is -0.490 e. The number of hydrogen-bond donors (Lipinski definition) is 1. The summed E-state index contributed by atoms with van der Waals surface area (Å²) < 4.78 is 17.0. The minimum absolute atomic E-state index is 0.0387. The highest BCUT2D eigenvalue weighted by Gasteiger charge is 2.24. The number of aryl methyl sites for hydroxylation is 1. The van der Waals surface area contributed by atoms with E-state index >= 15 is 0 Å². The number of ether oxygens (including phenoxy) is 3. The molecule has 39 heavy (non-hydrogen) atoms. The highest BCUT2D eigenvalue weighted by atomic mass is 32.1.